The van der Waals surface area contributed by atoms with Crippen molar-refractivity contribution < 1.29 is 44.2 Å². The van der Waals surface area contributed by atoms with E-state index in [1.807, 2.05) is 6.92 Å². The SMILES string of the molecule is [B]N=Nc1ncnc2c1ncn2[C@@H]1OC(COS(C)(=O)=O)(COS(C)(=O)=O)C(OCCCC)[C@@H]1OC(C)=O. The first kappa shape index (κ1) is 30.0. The fraction of sp³-hybridized carbons (Fsp3) is 0.684. The first-order valence-corrected chi connectivity index (χ1v) is 14.9. The van der Waals surface area contributed by atoms with Crippen LogP contribution >= 0.6 is 0 Å². The standard InChI is InChI=1S/C19H27BN6O10S2/c1-5-6-7-32-15-14(35-12(2)27)18(26-11-23-13-16(24-25-20)21-10-22-17(13)26)36-19(15,8-33-37(3,28)29)9-34-38(4,30)31/h10-11,14-15,18H,5-9H2,1-4H3/t14-,15?,18+/m0/s1. The molecule has 3 atom stereocenters. The number of unbranched alkanes of at least 4 members (excludes halogenated alkanes) is 1. The first-order valence-electron chi connectivity index (χ1n) is 11.2. The quantitative estimate of drug-likeness (QED) is 0.104. The number of aromatic nitrogens is 4. The predicted octanol–water partition coefficient (Wildman–Crippen LogP) is 0.331. The summed E-state index contributed by atoms with van der Waals surface area (Å²) in [5.41, 5.74) is -1.54. The van der Waals surface area contributed by atoms with Gasteiger partial charge in [0.15, 0.2) is 29.1 Å². The highest BCUT2D eigenvalue weighted by molar-refractivity contribution is 7.86. The van der Waals surface area contributed by atoms with Gasteiger partial charge in [-0.25, -0.2) is 15.0 Å². The second kappa shape index (κ2) is 12.1. The molecule has 2 radical (unpaired) electrons. The fourth-order valence-corrected chi connectivity index (χ4v) is 4.62. The molecule has 0 aromatic carbocycles. The summed E-state index contributed by atoms with van der Waals surface area (Å²) in [6.07, 6.45) is 1.68. The second-order valence-electron chi connectivity index (χ2n) is 8.46. The van der Waals surface area contributed by atoms with Crippen molar-refractivity contribution in [3.8, 4) is 0 Å². The van der Waals surface area contributed by atoms with Gasteiger partial charge in [0.2, 0.25) is 5.82 Å². The van der Waals surface area contributed by atoms with Crippen LogP contribution in [-0.4, -0.2) is 100 Å². The zero-order valence-corrected chi connectivity index (χ0v) is 22.7. The molecule has 1 aliphatic heterocycles. The number of rotatable bonds is 13. The minimum atomic E-state index is -4.03. The summed E-state index contributed by atoms with van der Waals surface area (Å²) in [5.74, 6) is -0.672. The maximum absolute atomic E-state index is 12.2. The summed E-state index contributed by atoms with van der Waals surface area (Å²) in [6.45, 7) is 1.78. The molecule has 1 unspecified atom stereocenters. The lowest BCUT2D eigenvalue weighted by molar-refractivity contribution is -0.158. The maximum Gasteiger partial charge on any atom is 0.303 e. The van der Waals surface area contributed by atoms with Crippen LogP contribution in [0.15, 0.2) is 22.8 Å². The van der Waals surface area contributed by atoms with E-state index in [0.717, 1.165) is 25.9 Å². The number of hydrogen-bond donors (Lipinski definition) is 0. The maximum atomic E-state index is 12.2. The number of ether oxygens (including phenoxy) is 3. The van der Waals surface area contributed by atoms with E-state index < -0.39 is 63.5 Å². The van der Waals surface area contributed by atoms with Crippen molar-refractivity contribution in [3.05, 3.63) is 12.7 Å². The summed E-state index contributed by atoms with van der Waals surface area (Å²) < 4.78 is 77.0. The lowest BCUT2D eigenvalue weighted by atomic mass is 9.96. The Morgan fingerprint density at radius 2 is 1.82 bits per heavy atom. The topological polar surface area (TPSA) is 200 Å². The van der Waals surface area contributed by atoms with Gasteiger partial charge >= 0.3 is 5.97 Å². The van der Waals surface area contributed by atoms with Crippen LogP contribution in [0.2, 0.25) is 0 Å². The van der Waals surface area contributed by atoms with Crippen molar-refractivity contribution >= 4 is 51.2 Å². The van der Waals surface area contributed by atoms with Crippen molar-refractivity contribution in [1.29, 1.82) is 0 Å². The van der Waals surface area contributed by atoms with Gasteiger partial charge < -0.3 is 14.2 Å². The van der Waals surface area contributed by atoms with Crippen molar-refractivity contribution in [1.82, 2.24) is 19.5 Å². The Morgan fingerprint density at radius 3 is 2.37 bits per heavy atom. The molecule has 208 valence electrons. The van der Waals surface area contributed by atoms with Gasteiger partial charge in [-0.3, -0.25) is 22.8 Å². The number of fused-ring (bicyclic) bond motifs is 1. The molecule has 2 aromatic rings. The lowest BCUT2D eigenvalue weighted by Crippen LogP contribution is -2.53. The smallest absolute Gasteiger partial charge is 0.303 e. The third-order valence-electron chi connectivity index (χ3n) is 5.35. The highest BCUT2D eigenvalue weighted by atomic mass is 32.2. The van der Waals surface area contributed by atoms with E-state index in [2.05, 4.69) is 25.1 Å². The fourth-order valence-electron chi connectivity index (χ4n) is 3.79. The molecule has 0 N–H and O–H groups in total. The average Bonchev–Trinajstić information content (AvgIpc) is 3.36. The normalized spacial score (nSPS) is 21.8. The molecule has 2 aromatic heterocycles. The molecule has 19 heteroatoms. The van der Waals surface area contributed by atoms with Gasteiger partial charge in [0.05, 0.1) is 18.8 Å². The van der Waals surface area contributed by atoms with E-state index in [9.17, 15) is 21.6 Å². The van der Waals surface area contributed by atoms with E-state index >= 15 is 0 Å². The van der Waals surface area contributed by atoms with Gasteiger partial charge in [0, 0.05) is 13.5 Å². The molecular formula is C19H27BN6O10S2. The number of carbonyl (C=O) groups is 1. The van der Waals surface area contributed by atoms with Crippen LogP contribution in [0.4, 0.5) is 5.82 Å². The van der Waals surface area contributed by atoms with Crippen LogP contribution in [0, 0.1) is 0 Å². The van der Waals surface area contributed by atoms with E-state index in [-0.39, 0.29) is 23.6 Å². The molecule has 3 rings (SSSR count). The van der Waals surface area contributed by atoms with Crippen molar-refractivity contribution in [2.24, 2.45) is 10.1 Å². The Balaban J connectivity index is 2.18. The molecular weight excluding hydrogens is 547 g/mol. The summed E-state index contributed by atoms with van der Waals surface area (Å²) in [6, 6.07) is 0. The molecule has 1 fully saturated rings. The van der Waals surface area contributed by atoms with Gasteiger partial charge in [-0.15, -0.1) is 5.11 Å². The van der Waals surface area contributed by atoms with Crippen molar-refractivity contribution in [3.63, 3.8) is 0 Å². The van der Waals surface area contributed by atoms with Gasteiger partial charge in [0.25, 0.3) is 28.2 Å². The number of hydrogen-bond acceptors (Lipinski definition) is 15. The monoisotopic (exact) mass is 574 g/mol. The molecule has 38 heavy (non-hydrogen) atoms. The molecule has 1 saturated heterocycles. The van der Waals surface area contributed by atoms with Gasteiger partial charge in [-0.1, -0.05) is 13.3 Å². The largest absolute Gasteiger partial charge is 0.455 e. The zero-order valence-electron chi connectivity index (χ0n) is 21.1. The van der Waals surface area contributed by atoms with Gasteiger partial charge in [-0.2, -0.15) is 16.8 Å². The number of imidazole rings is 1. The minimum Gasteiger partial charge on any atom is -0.455 e. The van der Waals surface area contributed by atoms with Gasteiger partial charge in [-0.05, 0) is 6.42 Å². The molecule has 3 heterocycles. The Labute approximate surface area is 220 Å². The van der Waals surface area contributed by atoms with Crippen LogP contribution in [0.5, 0.6) is 0 Å². The van der Waals surface area contributed by atoms with Crippen LogP contribution in [0.3, 0.4) is 0 Å². The number of nitrogens with zero attached hydrogens (tertiary/aromatic N) is 6. The first-order chi connectivity index (χ1) is 17.8. The molecule has 0 amide bonds. The zero-order chi connectivity index (χ0) is 28.1. The van der Waals surface area contributed by atoms with Crippen LogP contribution in [0.25, 0.3) is 11.2 Å². The average molecular weight is 574 g/mol. The molecule has 0 spiro atoms. The number of esters is 1. The Kier molecular flexibility index (Phi) is 9.53. The van der Waals surface area contributed by atoms with Crippen LogP contribution < -0.4 is 0 Å². The summed E-state index contributed by atoms with van der Waals surface area (Å²) in [4.78, 5) is 24.5. The summed E-state index contributed by atoms with van der Waals surface area (Å²) in [7, 11) is -2.92. The predicted molar refractivity (Wildman–Crippen MR) is 130 cm³/mol. The van der Waals surface area contributed by atoms with E-state index in [1.165, 1.54) is 17.2 Å². The number of carbonyl (C=O) groups excluding carboxylic acids is 1. The molecule has 16 nitrogen and oxygen atoms in total. The minimum absolute atomic E-state index is 0.0427. The van der Waals surface area contributed by atoms with Crippen LogP contribution in [0.1, 0.15) is 32.9 Å². The summed E-state index contributed by atoms with van der Waals surface area (Å²) in [5, 5.41) is 6.91. The Morgan fingerprint density at radius 1 is 1.16 bits per heavy atom. The third-order valence-corrected chi connectivity index (χ3v) is 6.44. The molecule has 0 saturated carbocycles. The Hall–Kier alpha value is -2.58. The van der Waals surface area contributed by atoms with Gasteiger partial charge in [0.1, 0.15) is 25.6 Å². The molecule has 0 bridgehead atoms. The van der Waals surface area contributed by atoms with Crippen LogP contribution in [-0.2, 0) is 47.6 Å². The third kappa shape index (κ3) is 7.29. The Bertz CT molecular complexity index is 1350. The molecule has 1 aliphatic rings. The van der Waals surface area contributed by atoms with Crippen molar-refractivity contribution in [2.45, 2.75) is 50.7 Å². The van der Waals surface area contributed by atoms with E-state index in [4.69, 9.17) is 30.6 Å². The second-order valence-corrected chi connectivity index (χ2v) is 11.7. The van der Waals surface area contributed by atoms with Crippen molar-refractivity contribution in [2.75, 3.05) is 32.3 Å². The highest BCUT2D eigenvalue weighted by Gasteiger charge is 2.60. The lowest BCUT2D eigenvalue weighted by Gasteiger charge is -2.33. The van der Waals surface area contributed by atoms with E-state index in [1.54, 1.807) is 0 Å². The summed E-state index contributed by atoms with van der Waals surface area (Å²) >= 11 is 0. The highest BCUT2D eigenvalue weighted by Crippen LogP contribution is 2.43. The van der Waals surface area contributed by atoms with E-state index in [0.29, 0.717) is 6.42 Å². The molecule has 0 aliphatic carbocycles.